The zero-order valence-electron chi connectivity index (χ0n) is 20.7. The van der Waals surface area contributed by atoms with Crippen molar-refractivity contribution >= 4 is 22.1 Å². The highest BCUT2D eigenvalue weighted by Gasteiger charge is 2.83. The zero-order chi connectivity index (χ0) is 26.6. The van der Waals surface area contributed by atoms with Crippen molar-refractivity contribution in [2.24, 2.45) is 5.92 Å². The SMILES string of the molecule is O=C(OC12CC3CC(C(=O)Oc4ccccc4)(C1O3)S(=O)(=O)O2)C1CC2c3ccccc3C1c1ccccc12. The van der Waals surface area contributed by atoms with E-state index in [0.717, 1.165) is 11.1 Å². The van der Waals surface area contributed by atoms with E-state index < -0.39 is 50.7 Å². The van der Waals surface area contributed by atoms with E-state index >= 15 is 0 Å². The summed E-state index contributed by atoms with van der Waals surface area (Å²) in [5.74, 6) is -3.96. The summed E-state index contributed by atoms with van der Waals surface area (Å²) in [7, 11) is -4.53. The Bertz CT molecular complexity index is 1600. The minimum atomic E-state index is -4.53. The molecule has 0 saturated carbocycles. The maximum Gasteiger partial charge on any atom is 0.338 e. The van der Waals surface area contributed by atoms with Gasteiger partial charge in [-0.25, -0.2) is 8.98 Å². The van der Waals surface area contributed by atoms with Gasteiger partial charge in [-0.15, -0.1) is 0 Å². The largest absolute Gasteiger partial charge is 0.428 e. The molecule has 0 aromatic heterocycles. The molecule has 3 aliphatic carbocycles. The van der Waals surface area contributed by atoms with Gasteiger partial charge in [0.05, 0.1) is 12.0 Å². The second kappa shape index (κ2) is 7.78. The van der Waals surface area contributed by atoms with Crippen LogP contribution in [-0.4, -0.2) is 43.1 Å². The standard InChI is InChI=1S/C30H24O8S/c31-26(24-14-23-19-10-4-6-12-21(19)25(24)22-13-7-5-11-20(22)23)37-30-16-18-15-29(27(30)35-18,39(33,34)38-30)28(32)36-17-8-2-1-3-9-17/h1-13,18,23-25,27H,14-16H2. The number of benzene rings is 3. The Hall–Kier alpha value is -3.53. The minimum absolute atomic E-state index is 0.0295. The summed E-state index contributed by atoms with van der Waals surface area (Å²) in [6, 6.07) is 24.5. The first-order valence-corrected chi connectivity index (χ1v) is 14.5. The smallest absolute Gasteiger partial charge is 0.338 e. The van der Waals surface area contributed by atoms with Gasteiger partial charge in [-0.05, 0) is 40.8 Å². The van der Waals surface area contributed by atoms with E-state index in [4.69, 9.17) is 18.4 Å². The molecule has 39 heavy (non-hydrogen) atoms. The normalized spacial score (nSPS) is 35.7. The van der Waals surface area contributed by atoms with Crippen molar-refractivity contribution in [2.75, 3.05) is 0 Å². The van der Waals surface area contributed by atoms with Gasteiger partial charge in [-0.2, -0.15) is 8.42 Å². The summed E-state index contributed by atoms with van der Waals surface area (Å²) < 4.78 is 47.8. The van der Waals surface area contributed by atoms with Crippen LogP contribution in [0.4, 0.5) is 0 Å². The molecule has 0 N–H and O–H groups in total. The van der Waals surface area contributed by atoms with Gasteiger partial charge in [0.1, 0.15) is 5.75 Å². The van der Waals surface area contributed by atoms with Crippen LogP contribution >= 0.6 is 0 Å². The summed E-state index contributed by atoms with van der Waals surface area (Å²) in [6.07, 6.45) is -1.46. The molecule has 6 aliphatic rings. The van der Waals surface area contributed by atoms with Crippen LogP contribution in [0, 0.1) is 5.92 Å². The first-order valence-electron chi connectivity index (χ1n) is 13.1. The number of carbonyl (C=O) groups excluding carboxylic acids is 2. The van der Waals surface area contributed by atoms with Crippen molar-refractivity contribution < 1.29 is 36.4 Å². The van der Waals surface area contributed by atoms with E-state index in [9.17, 15) is 18.0 Å². The van der Waals surface area contributed by atoms with Crippen LogP contribution < -0.4 is 4.74 Å². The number of ether oxygens (including phenoxy) is 3. The molecule has 3 saturated heterocycles. The third kappa shape index (κ3) is 2.98. The first-order chi connectivity index (χ1) is 18.8. The lowest BCUT2D eigenvalue weighted by Crippen LogP contribution is -2.57. The molecule has 3 aliphatic heterocycles. The number of carbonyl (C=O) groups is 2. The Labute approximate surface area is 225 Å². The van der Waals surface area contributed by atoms with Crippen LogP contribution in [0.25, 0.3) is 0 Å². The van der Waals surface area contributed by atoms with Crippen molar-refractivity contribution in [2.45, 2.75) is 53.8 Å². The number of hydrogen-bond donors (Lipinski definition) is 0. The minimum Gasteiger partial charge on any atom is -0.428 e. The molecule has 198 valence electrons. The molecule has 8 nitrogen and oxygen atoms in total. The van der Waals surface area contributed by atoms with E-state index in [1.54, 1.807) is 30.3 Å². The van der Waals surface area contributed by atoms with Crippen LogP contribution in [0.5, 0.6) is 5.75 Å². The Morgan fingerprint density at radius 3 is 2.08 bits per heavy atom. The molecule has 9 heteroatoms. The van der Waals surface area contributed by atoms with Gasteiger partial charge in [0.2, 0.25) is 4.75 Å². The van der Waals surface area contributed by atoms with Crippen LogP contribution in [-0.2, 0) is 33.4 Å². The molecule has 0 spiro atoms. The Balaban J connectivity index is 1.13. The average molecular weight is 545 g/mol. The zero-order valence-corrected chi connectivity index (χ0v) is 21.5. The van der Waals surface area contributed by atoms with Gasteiger partial charge in [0.15, 0.2) is 6.10 Å². The molecule has 9 rings (SSSR count). The van der Waals surface area contributed by atoms with E-state index in [2.05, 4.69) is 12.1 Å². The number of rotatable bonds is 4. The van der Waals surface area contributed by atoms with Gasteiger partial charge in [0.25, 0.3) is 15.9 Å². The van der Waals surface area contributed by atoms with Crippen molar-refractivity contribution in [3.05, 3.63) is 101 Å². The third-order valence-electron chi connectivity index (χ3n) is 9.07. The predicted molar refractivity (Wildman–Crippen MR) is 136 cm³/mol. The second-order valence-electron chi connectivity index (χ2n) is 11.0. The Morgan fingerprint density at radius 2 is 1.44 bits per heavy atom. The predicted octanol–water partition coefficient (Wildman–Crippen LogP) is 3.79. The van der Waals surface area contributed by atoms with Crippen molar-refractivity contribution in [3.63, 3.8) is 0 Å². The quantitative estimate of drug-likeness (QED) is 0.278. The van der Waals surface area contributed by atoms with Crippen LogP contribution in [0.3, 0.4) is 0 Å². The fourth-order valence-corrected chi connectivity index (χ4v) is 9.41. The second-order valence-corrected chi connectivity index (χ2v) is 12.8. The van der Waals surface area contributed by atoms with E-state index in [0.29, 0.717) is 6.42 Å². The fraction of sp³-hybridized carbons (Fsp3) is 0.333. The molecule has 0 radical (unpaired) electrons. The number of fused-ring (bicyclic) bond motifs is 2. The van der Waals surface area contributed by atoms with Gasteiger partial charge in [-0.3, -0.25) is 4.79 Å². The molecule has 3 fully saturated rings. The highest BCUT2D eigenvalue weighted by molar-refractivity contribution is 7.89. The van der Waals surface area contributed by atoms with Gasteiger partial charge >= 0.3 is 11.9 Å². The van der Waals surface area contributed by atoms with Crippen molar-refractivity contribution in [3.8, 4) is 5.75 Å². The van der Waals surface area contributed by atoms with Crippen molar-refractivity contribution in [1.29, 1.82) is 0 Å². The molecule has 3 aromatic rings. The van der Waals surface area contributed by atoms with Gasteiger partial charge < -0.3 is 14.2 Å². The monoisotopic (exact) mass is 544 g/mol. The molecule has 5 unspecified atom stereocenters. The van der Waals surface area contributed by atoms with E-state index in [-0.39, 0.29) is 30.4 Å². The summed E-state index contributed by atoms with van der Waals surface area (Å²) in [4.78, 5) is 27.3. The number of para-hydroxylation sites is 1. The molecular weight excluding hydrogens is 520 g/mol. The molecule has 4 bridgehead atoms. The first kappa shape index (κ1) is 23.4. The maximum atomic E-state index is 13.9. The molecule has 5 atom stereocenters. The summed E-state index contributed by atoms with van der Waals surface area (Å²) in [5, 5.41) is 0. The molecule has 3 aromatic carbocycles. The van der Waals surface area contributed by atoms with Crippen LogP contribution in [0.2, 0.25) is 0 Å². The summed E-state index contributed by atoms with van der Waals surface area (Å²) >= 11 is 0. The topological polar surface area (TPSA) is 105 Å². The Morgan fingerprint density at radius 1 is 0.821 bits per heavy atom. The van der Waals surface area contributed by atoms with Gasteiger partial charge in [-0.1, -0.05) is 66.7 Å². The molecule has 0 amide bonds. The van der Waals surface area contributed by atoms with Crippen molar-refractivity contribution in [1.82, 2.24) is 0 Å². The van der Waals surface area contributed by atoms with Crippen LogP contribution in [0.1, 0.15) is 53.4 Å². The number of esters is 2. The van der Waals surface area contributed by atoms with Crippen LogP contribution in [0.15, 0.2) is 78.9 Å². The fourth-order valence-electron chi connectivity index (χ4n) is 7.57. The summed E-state index contributed by atoms with van der Waals surface area (Å²) in [5.41, 5.74) is 4.57. The Kier molecular flexibility index (Phi) is 4.66. The lowest BCUT2D eigenvalue weighted by Gasteiger charge is -2.45. The maximum absolute atomic E-state index is 13.9. The highest BCUT2D eigenvalue weighted by Crippen LogP contribution is 2.62. The number of hydrogen-bond acceptors (Lipinski definition) is 8. The lowest BCUT2D eigenvalue weighted by molar-refractivity contribution is -0.211. The summed E-state index contributed by atoms with van der Waals surface area (Å²) in [6.45, 7) is 0. The van der Waals surface area contributed by atoms with E-state index in [1.807, 2.05) is 36.4 Å². The molecular formula is C30H24O8S. The average Bonchev–Trinajstić information content (AvgIpc) is 3.52. The lowest BCUT2D eigenvalue weighted by atomic mass is 9.59. The third-order valence-corrected chi connectivity index (χ3v) is 11.0. The highest BCUT2D eigenvalue weighted by atomic mass is 32.2. The molecule has 3 heterocycles. The van der Waals surface area contributed by atoms with E-state index in [1.165, 1.54) is 11.1 Å². The van der Waals surface area contributed by atoms with Gasteiger partial charge in [0, 0.05) is 24.7 Å².